The number of nitrogens with one attached hydrogen (secondary N) is 2. The third-order valence-corrected chi connectivity index (χ3v) is 2.26. The van der Waals surface area contributed by atoms with Crippen LogP contribution in [0.25, 0.3) is 10.2 Å². The zero-order valence-electron chi connectivity index (χ0n) is 10.1. The van der Waals surface area contributed by atoms with Gasteiger partial charge in [0.15, 0.2) is 0 Å². The fraction of sp³-hybridized carbons (Fsp3) is 0.455. The average Bonchev–Trinajstić information content (AvgIpc) is 2.70. The second-order valence-electron chi connectivity index (χ2n) is 2.78. The first kappa shape index (κ1) is 14.6. The summed E-state index contributed by atoms with van der Waals surface area (Å²) in [7, 11) is 0. The summed E-state index contributed by atoms with van der Waals surface area (Å²) in [4.78, 5) is 26.3. The molecule has 2 aromatic heterocycles. The highest BCUT2D eigenvalue weighted by Crippen LogP contribution is 2.10. The molecule has 0 spiro atoms. The van der Waals surface area contributed by atoms with E-state index in [1.165, 1.54) is 17.8 Å². The van der Waals surface area contributed by atoms with Crippen molar-refractivity contribution in [2.75, 3.05) is 0 Å². The van der Waals surface area contributed by atoms with Crippen LogP contribution in [0.5, 0.6) is 0 Å². The van der Waals surface area contributed by atoms with Gasteiger partial charge in [-0.2, -0.15) is 0 Å². The molecule has 0 fully saturated rings. The summed E-state index contributed by atoms with van der Waals surface area (Å²) < 4.78 is 0.560. The molecule has 0 aliphatic rings. The second kappa shape index (κ2) is 7.87. The van der Waals surface area contributed by atoms with E-state index < -0.39 is 5.69 Å². The van der Waals surface area contributed by atoms with Crippen molar-refractivity contribution in [1.82, 2.24) is 9.97 Å². The molecule has 4 nitrogen and oxygen atoms in total. The molecular weight excluding hydrogens is 224 g/mol. The Morgan fingerprint density at radius 1 is 1.19 bits per heavy atom. The molecule has 0 aliphatic heterocycles. The average molecular weight is 242 g/mol. The van der Waals surface area contributed by atoms with Crippen LogP contribution in [0.4, 0.5) is 0 Å². The van der Waals surface area contributed by atoms with Crippen LogP contribution in [0.2, 0.25) is 0 Å². The van der Waals surface area contributed by atoms with Gasteiger partial charge in [0.05, 0.1) is 5.52 Å². The second-order valence-corrected chi connectivity index (χ2v) is 3.69. The van der Waals surface area contributed by atoms with Gasteiger partial charge in [-0.15, -0.1) is 11.3 Å². The van der Waals surface area contributed by atoms with Crippen LogP contribution in [0, 0.1) is 0 Å². The standard InChI is InChI=1S/C6H4N2O2S.C3H8.C2H6/c9-5-4-3(1-2-11-4)7-6(10)8-5;1-3-2;1-2/h1-2H,(H2,7,8,9,10);3H2,1-2H3;1-2H3. The summed E-state index contributed by atoms with van der Waals surface area (Å²) in [6, 6.07) is 1.70. The molecule has 0 aliphatic carbocycles. The van der Waals surface area contributed by atoms with Gasteiger partial charge >= 0.3 is 5.69 Å². The van der Waals surface area contributed by atoms with E-state index in [0.717, 1.165) is 0 Å². The van der Waals surface area contributed by atoms with Gasteiger partial charge in [0.1, 0.15) is 4.70 Å². The summed E-state index contributed by atoms with van der Waals surface area (Å²) >= 11 is 1.31. The number of hydrogen-bond acceptors (Lipinski definition) is 3. The smallest absolute Gasteiger partial charge is 0.306 e. The molecule has 0 bridgehead atoms. The lowest BCUT2D eigenvalue weighted by Gasteiger charge is -1.84. The Bertz CT molecular complexity index is 510. The quantitative estimate of drug-likeness (QED) is 0.746. The van der Waals surface area contributed by atoms with Crippen molar-refractivity contribution in [3.05, 3.63) is 32.3 Å². The number of thiophene rings is 1. The molecule has 2 N–H and O–H groups in total. The molecule has 90 valence electrons. The van der Waals surface area contributed by atoms with Crippen LogP contribution < -0.4 is 11.2 Å². The maximum absolute atomic E-state index is 11.0. The highest BCUT2D eigenvalue weighted by Gasteiger charge is 1.99. The molecule has 0 aromatic carbocycles. The highest BCUT2D eigenvalue weighted by atomic mass is 32.1. The Kier molecular flexibility index (Phi) is 7.20. The predicted octanol–water partition coefficient (Wildman–Crippen LogP) is 2.72. The lowest BCUT2D eigenvalue weighted by Crippen LogP contribution is -2.20. The molecule has 2 rings (SSSR count). The van der Waals surface area contributed by atoms with Gasteiger partial charge < -0.3 is 4.98 Å². The van der Waals surface area contributed by atoms with Crippen LogP contribution in [0.3, 0.4) is 0 Å². The van der Waals surface area contributed by atoms with E-state index in [0.29, 0.717) is 10.2 Å². The third-order valence-electron chi connectivity index (χ3n) is 1.35. The highest BCUT2D eigenvalue weighted by molar-refractivity contribution is 7.17. The maximum Gasteiger partial charge on any atom is 0.326 e. The molecule has 2 heterocycles. The van der Waals surface area contributed by atoms with Gasteiger partial charge in [0.25, 0.3) is 5.56 Å². The van der Waals surface area contributed by atoms with Gasteiger partial charge in [0.2, 0.25) is 0 Å². The Labute approximate surface area is 98.4 Å². The normalized spacial score (nSPS) is 8.75. The van der Waals surface area contributed by atoms with Gasteiger partial charge in [-0.05, 0) is 11.4 Å². The van der Waals surface area contributed by atoms with Gasteiger partial charge in [0, 0.05) is 0 Å². The summed E-state index contributed by atoms with van der Waals surface area (Å²) in [6.07, 6.45) is 1.25. The van der Waals surface area contributed by atoms with Crippen molar-refractivity contribution in [2.24, 2.45) is 0 Å². The lowest BCUT2D eigenvalue weighted by atomic mass is 10.5. The van der Waals surface area contributed by atoms with E-state index in [-0.39, 0.29) is 5.56 Å². The Balaban J connectivity index is 0.000000394. The number of rotatable bonds is 0. The minimum Gasteiger partial charge on any atom is -0.306 e. The fourth-order valence-corrected chi connectivity index (χ4v) is 1.64. The van der Waals surface area contributed by atoms with Crippen LogP contribution in [-0.2, 0) is 0 Å². The van der Waals surface area contributed by atoms with Crippen molar-refractivity contribution in [1.29, 1.82) is 0 Å². The topological polar surface area (TPSA) is 65.7 Å². The van der Waals surface area contributed by atoms with Gasteiger partial charge in [-0.25, -0.2) is 4.79 Å². The molecule has 0 saturated heterocycles. The molecule has 0 unspecified atom stereocenters. The minimum atomic E-state index is -0.457. The predicted molar refractivity (Wildman–Crippen MR) is 70.4 cm³/mol. The van der Waals surface area contributed by atoms with E-state index in [9.17, 15) is 9.59 Å². The molecule has 0 saturated carbocycles. The van der Waals surface area contributed by atoms with E-state index in [2.05, 4.69) is 23.8 Å². The lowest BCUT2D eigenvalue weighted by molar-refractivity contribution is 1.09. The van der Waals surface area contributed by atoms with E-state index in [4.69, 9.17) is 0 Å². The summed E-state index contributed by atoms with van der Waals surface area (Å²) in [5.74, 6) is 0. The summed E-state index contributed by atoms with van der Waals surface area (Å²) in [6.45, 7) is 8.25. The molecule has 5 heteroatoms. The zero-order chi connectivity index (χ0) is 12.6. The monoisotopic (exact) mass is 242 g/mol. The number of aromatic amines is 2. The number of H-pyrrole nitrogens is 2. The van der Waals surface area contributed by atoms with Crippen LogP contribution >= 0.6 is 11.3 Å². The number of hydrogen-bond donors (Lipinski definition) is 2. The Hall–Kier alpha value is -1.36. The summed E-state index contributed by atoms with van der Waals surface area (Å²) in [5.41, 5.74) is -0.177. The first-order chi connectivity index (χ1) is 7.69. The van der Waals surface area contributed by atoms with Crippen molar-refractivity contribution in [3.63, 3.8) is 0 Å². The first-order valence-corrected chi connectivity index (χ1v) is 6.26. The van der Waals surface area contributed by atoms with Crippen molar-refractivity contribution in [3.8, 4) is 0 Å². The first-order valence-electron chi connectivity index (χ1n) is 5.38. The zero-order valence-corrected chi connectivity index (χ0v) is 10.9. The van der Waals surface area contributed by atoms with E-state index >= 15 is 0 Å². The SMILES string of the molecule is CC.CCC.O=c1[nH]c(=O)c2sccc2[nH]1. The molecule has 0 amide bonds. The van der Waals surface area contributed by atoms with Crippen molar-refractivity contribution in [2.45, 2.75) is 34.1 Å². The number of fused-ring (bicyclic) bond motifs is 1. The number of aromatic nitrogens is 2. The largest absolute Gasteiger partial charge is 0.326 e. The minimum absolute atomic E-state index is 0.321. The molecule has 2 aromatic rings. The molecule has 0 atom stereocenters. The molecular formula is C11H18N2O2S. The third kappa shape index (κ3) is 4.02. The van der Waals surface area contributed by atoms with Crippen molar-refractivity contribution < 1.29 is 0 Å². The van der Waals surface area contributed by atoms with Gasteiger partial charge in [-0.3, -0.25) is 9.78 Å². The van der Waals surface area contributed by atoms with Crippen molar-refractivity contribution >= 4 is 21.6 Å². The maximum atomic E-state index is 11.0. The van der Waals surface area contributed by atoms with Crippen LogP contribution in [0.1, 0.15) is 34.1 Å². The fourth-order valence-electron chi connectivity index (χ4n) is 0.897. The van der Waals surface area contributed by atoms with Crippen LogP contribution in [-0.4, -0.2) is 9.97 Å². The Morgan fingerprint density at radius 3 is 2.31 bits per heavy atom. The molecule has 0 radical (unpaired) electrons. The molecule has 16 heavy (non-hydrogen) atoms. The summed E-state index contributed by atoms with van der Waals surface area (Å²) in [5, 5.41) is 1.76. The Morgan fingerprint density at radius 2 is 1.75 bits per heavy atom. The van der Waals surface area contributed by atoms with E-state index in [1.54, 1.807) is 11.4 Å². The van der Waals surface area contributed by atoms with Gasteiger partial charge in [-0.1, -0.05) is 34.1 Å². The van der Waals surface area contributed by atoms with Crippen LogP contribution in [0.15, 0.2) is 21.0 Å². The van der Waals surface area contributed by atoms with E-state index in [1.807, 2.05) is 13.8 Å².